The lowest BCUT2D eigenvalue weighted by Gasteiger charge is -2.17. The average molecular weight is 671 g/mol. The smallest absolute Gasteiger partial charge is 0.126 e. The SMILES string of the molecule is CC1[C@H](Cn2c3ccccc3c3cc(-c4ccc5c(c4)c4ccccc4n5-c4ccccc4)ccc32)C1(N=C(N)c1ccccc1)c1ccccc1. The Morgan fingerprint density at radius 1 is 0.558 bits per heavy atom. The van der Waals surface area contributed by atoms with Crippen molar-refractivity contribution in [2.45, 2.75) is 19.0 Å². The molecule has 9 aromatic rings. The molecule has 2 heterocycles. The first-order valence-corrected chi connectivity index (χ1v) is 18.2. The number of amidine groups is 1. The number of para-hydroxylation sites is 3. The molecule has 0 spiro atoms. The summed E-state index contributed by atoms with van der Waals surface area (Å²) < 4.78 is 4.89. The van der Waals surface area contributed by atoms with E-state index in [0.29, 0.717) is 11.8 Å². The molecule has 2 unspecified atom stereocenters. The maximum absolute atomic E-state index is 6.75. The highest BCUT2D eigenvalue weighted by Gasteiger charge is 2.63. The molecule has 1 aliphatic carbocycles. The molecule has 2 aromatic heterocycles. The van der Waals surface area contributed by atoms with Crippen LogP contribution < -0.4 is 5.73 Å². The Kier molecular flexibility index (Phi) is 6.94. The van der Waals surface area contributed by atoms with Crippen LogP contribution in [0.2, 0.25) is 0 Å². The molecule has 4 nitrogen and oxygen atoms in total. The minimum absolute atomic E-state index is 0.278. The summed E-state index contributed by atoms with van der Waals surface area (Å²) in [6, 6.07) is 63.0. The van der Waals surface area contributed by atoms with Gasteiger partial charge in [-0.2, -0.15) is 0 Å². The topological polar surface area (TPSA) is 48.2 Å². The van der Waals surface area contributed by atoms with E-state index >= 15 is 0 Å². The molecular formula is C48H38N4. The van der Waals surface area contributed by atoms with Gasteiger partial charge in [0.05, 0.1) is 16.6 Å². The van der Waals surface area contributed by atoms with E-state index in [4.69, 9.17) is 10.7 Å². The summed E-state index contributed by atoms with van der Waals surface area (Å²) in [5.74, 6) is 1.19. The Balaban J connectivity index is 1.08. The predicted molar refractivity (Wildman–Crippen MR) is 217 cm³/mol. The summed E-state index contributed by atoms with van der Waals surface area (Å²) in [4.78, 5) is 5.36. The van der Waals surface area contributed by atoms with Gasteiger partial charge in [0.15, 0.2) is 0 Å². The van der Waals surface area contributed by atoms with Crippen molar-refractivity contribution in [2.24, 2.45) is 22.6 Å². The van der Waals surface area contributed by atoms with E-state index in [2.05, 4.69) is 162 Å². The Morgan fingerprint density at radius 2 is 1.06 bits per heavy atom. The van der Waals surface area contributed by atoms with Gasteiger partial charge in [0.25, 0.3) is 0 Å². The maximum Gasteiger partial charge on any atom is 0.126 e. The number of nitrogens with zero attached hydrogens (tertiary/aromatic N) is 3. The number of hydrogen-bond acceptors (Lipinski definition) is 1. The third-order valence-corrected chi connectivity index (χ3v) is 11.5. The van der Waals surface area contributed by atoms with Gasteiger partial charge in [0.1, 0.15) is 5.84 Å². The van der Waals surface area contributed by atoms with Gasteiger partial charge in [-0.15, -0.1) is 0 Å². The summed E-state index contributed by atoms with van der Waals surface area (Å²) in [5.41, 5.74) is 17.1. The highest BCUT2D eigenvalue weighted by molar-refractivity contribution is 6.12. The Morgan fingerprint density at radius 3 is 1.75 bits per heavy atom. The fraction of sp³-hybridized carbons (Fsp3) is 0.104. The molecule has 0 amide bonds. The van der Waals surface area contributed by atoms with Crippen molar-refractivity contribution in [3.05, 3.63) is 187 Å². The van der Waals surface area contributed by atoms with E-state index < -0.39 is 5.54 Å². The number of aromatic nitrogens is 2. The lowest BCUT2D eigenvalue weighted by atomic mass is 10.0. The molecule has 3 atom stereocenters. The van der Waals surface area contributed by atoms with Gasteiger partial charge in [-0.25, -0.2) is 0 Å². The van der Waals surface area contributed by atoms with Crippen LogP contribution in [0.25, 0.3) is 60.4 Å². The monoisotopic (exact) mass is 670 g/mol. The van der Waals surface area contributed by atoms with Crippen LogP contribution in [0.5, 0.6) is 0 Å². The number of benzene rings is 7. The molecule has 2 N–H and O–H groups in total. The normalized spacial score (nSPS) is 18.8. The lowest BCUT2D eigenvalue weighted by Crippen LogP contribution is -2.20. The quantitative estimate of drug-likeness (QED) is 0.133. The zero-order chi connectivity index (χ0) is 34.8. The number of aliphatic imine (C=N–C) groups is 1. The number of nitrogens with two attached hydrogens (primary N) is 1. The van der Waals surface area contributed by atoms with E-state index in [1.807, 2.05) is 30.3 Å². The fourth-order valence-electron chi connectivity index (χ4n) is 8.87. The predicted octanol–water partition coefficient (Wildman–Crippen LogP) is 11.1. The van der Waals surface area contributed by atoms with Crippen LogP contribution >= 0.6 is 0 Å². The van der Waals surface area contributed by atoms with Crippen molar-refractivity contribution in [3.63, 3.8) is 0 Å². The number of fused-ring (bicyclic) bond motifs is 6. The van der Waals surface area contributed by atoms with Crippen LogP contribution in [0.1, 0.15) is 18.1 Å². The number of hydrogen-bond donors (Lipinski definition) is 1. The van der Waals surface area contributed by atoms with Crippen molar-refractivity contribution in [1.82, 2.24) is 9.13 Å². The molecule has 250 valence electrons. The van der Waals surface area contributed by atoms with Crippen LogP contribution in [0.4, 0.5) is 0 Å². The van der Waals surface area contributed by atoms with Gasteiger partial charge in [-0.1, -0.05) is 134 Å². The third-order valence-electron chi connectivity index (χ3n) is 11.5. The van der Waals surface area contributed by atoms with E-state index in [9.17, 15) is 0 Å². The second-order valence-corrected chi connectivity index (χ2v) is 14.2. The van der Waals surface area contributed by atoms with Crippen LogP contribution in [0, 0.1) is 11.8 Å². The van der Waals surface area contributed by atoms with Crippen LogP contribution in [0.15, 0.2) is 181 Å². The minimum Gasteiger partial charge on any atom is -0.383 e. The largest absolute Gasteiger partial charge is 0.383 e. The van der Waals surface area contributed by atoms with Gasteiger partial charge >= 0.3 is 0 Å². The summed E-state index contributed by atoms with van der Waals surface area (Å²) in [6.45, 7) is 3.17. The molecule has 10 rings (SSSR count). The molecule has 0 aliphatic heterocycles. The van der Waals surface area contributed by atoms with Gasteiger partial charge in [-0.3, -0.25) is 4.99 Å². The summed E-state index contributed by atoms with van der Waals surface area (Å²) >= 11 is 0. The average Bonchev–Trinajstić information content (AvgIpc) is 3.46. The fourth-order valence-corrected chi connectivity index (χ4v) is 8.87. The van der Waals surface area contributed by atoms with Crippen molar-refractivity contribution < 1.29 is 0 Å². The summed E-state index contributed by atoms with van der Waals surface area (Å²) in [5, 5.41) is 5.06. The van der Waals surface area contributed by atoms with E-state index in [0.717, 1.165) is 12.1 Å². The zero-order valence-electron chi connectivity index (χ0n) is 29.0. The molecule has 7 aromatic carbocycles. The lowest BCUT2D eigenvalue weighted by molar-refractivity contribution is 0.562. The second-order valence-electron chi connectivity index (χ2n) is 14.2. The molecule has 52 heavy (non-hydrogen) atoms. The van der Waals surface area contributed by atoms with E-state index in [1.165, 1.54) is 66.0 Å². The van der Waals surface area contributed by atoms with Crippen LogP contribution in [-0.4, -0.2) is 15.0 Å². The van der Waals surface area contributed by atoms with Crippen molar-refractivity contribution >= 4 is 49.4 Å². The first-order valence-electron chi connectivity index (χ1n) is 18.2. The summed E-state index contributed by atoms with van der Waals surface area (Å²) in [6.07, 6.45) is 0. The van der Waals surface area contributed by atoms with Gasteiger partial charge in [-0.05, 0) is 71.1 Å². The molecule has 4 heteroatoms. The standard InChI is InChI=1S/C48H38N4/c1-32-42(48(32,36-17-7-3-8-18-36)50-47(49)33-15-5-2-6-16-33)31-51-43-23-13-11-21-38(43)40-29-34(25-27-44(40)51)35-26-28-46-41(30-35)39-22-12-14-24-45(39)52(46)37-19-9-4-10-20-37/h2-30,32,42H,31H2,1H3,(H2,49,50)/t32?,42-,48?/m0/s1. The van der Waals surface area contributed by atoms with Crippen molar-refractivity contribution in [1.29, 1.82) is 0 Å². The molecular weight excluding hydrogens is 633 g/mol. The third kappa shape index (κ3) is 4.64. The van der Waals surface area contributed by atoms with Gasteiger partial charge in [0, 0.05) is 56.3 Å². The molecule has 0 saturated heterocycles. The minimum atomic E-state index is -0.396. The maximum atomic E-state index is 6.75. The zero-order valence-corrected chi connectivity index (χ0v) is 29.0. The summed E-state index contributed by atoms with van der Waals surface area (Å²) in [7, 11) is 0. The van der Waals surface area contributed by atoms with Crippen LogP contribution in [-0.2, 0) is 12.1 Å². The highest BCUT2D eigenvalue weighted by atomic mass is 15.1. The van der Waals surface area contributed by atoms with Crippen molar-refractivity contribution in [3.8, 4) is 16.8 Å². The van der Waals surface area contributed by atoms with Crippen molar-refractivity contribution in [2.75, 3.05) is 0 Å². The first-order chi connectivity index (χ1) is 25.6. The molecule has 1 saturated carbocycles. The second kappa shape index (κ2) is 11.9. The number of rotatable bonds is 7. The Hall–Kier alpha value is -6.39. The van der Waals surface area contributed by atoms with E-state index in [1.54, 1.807) is 0 Å². The molecule has 1 aliphatic rings. The molecule has 0 radical (unpaired) electrons. The van der Waals surface area contributed by atoms with E-state index in [-0.39, 0.29) is 5.92 Å². The molecule has 1 fully saturated rings. The highest BCUT2D eigenvalue weighted by Crippen LogP contribution is 2.62. The van der Waals surface area contributed by atoms with Gasteiger partial charge in [0.2, 0.25) is 0 Å². The molecule has 0 bridgehead atoms. The van der Waals surface area contributed by atoms with Crippen LogP contribution in [0.3, 0.4) is 0 Å². The first kappa shape index (κ1) is 30.4. The van der Waals surface area contributed by atoms with Gasteiger partial charge < -0.3 is 14.9 Å². The Bertz CT molecular complexity index is 2790. The Labute approximate surface area is 303 Å².